The molecule has 0 spiro atoms. The second kappa shape index (κ2) is 13.5. The summed E-state index contributed by atoms with van der Waals surface area (Å²) in [6.45, 7) is -1.30. The predicted molar refractivity (Wildman–Crippen MR) is 156 cm³/mol. The van der Waals surface area contributed by atoms with Gasteiger partial charge in [0, 0.05) is 58.1 Å². The maximum Gasteiger partial charge on any atom is 0.387 e. The van der Waals surface area contributed by atoms with Gasteiger partial charge in [0.2, 0.25) is 11.8 Å². The molecule has 0 radical (unpaired) electrons. The molecule has 0 bridgehead atoms. The van der Waals surface area contributed by atoms with E-state index >= 15 is 0 Å². The number of nitrogens with zero attached hydrogens (tertiary/aromatic N) is 3. The number of alkyl halides is 2. The van der Waals surface area contributed by atoms with E-state index in [0.29, 0.717) is 28.7 Å². The number of carbonyl (C=O) groups excluding carboxylic acids is 1. The Hall–Kier alpha value is -3.78. The summed E-state index contributed by atoms with van der Waals surface area (Å²) < 4.78 is 46.2. The Labute approximate surface area is 246 Å². The van der Waals surface area contributed by atoms with Crippen LogP contribution in [0.15, 0.2) is 59.2 Å². The second-order valence-electron chi connectivity index (χ2n) is 10.8. The molecule has 11 heteroatoms. The van der Waals surface area contributed by atoms with Crippen LogP contribution in [0.5, 0.6) is 5.75 Å². The third-order valence-electron chi connectivity index (χ3n) is 7.82. The molecule has 1 aromatic heterocycles. The van der Waals surface area contributed by atoms with Gasteiger partial charge in [0.1, 0.15) is 23.2 Å². The lowest BCUT2D eigenvalue weighted by Gasteiger charge is -2.28. The summed E-state index contributed by atoms with van der Waals surface area (Å²) in [6.07, 6.45) is 8.81. The normalized spacial score (nSPS) is 18.5. The van der Waals surface area contributed by atoms with Crippen molar-refractivity contribution in [2.75, 3.05) is 29.5 Å². The van der Waals surface area contributed by atoms with E-state index in [2.05, 4.69) is 26.0 Å². The number of halogens is 2. The largest absolute Gasteiger partial charge is 0.444 e. The van der Waals surface area contributed by atoms with Gasteiger partial charge in [-0.1, -0.05) is 37.5 Å². The fourth-order valence-electron chi connectivity index (χ4n) is 5.18. The maximum atomic E-state index is 12.4. The summed E-state index contributed by atoms with van der Waals surface area (Å²) in [5.41, 5.74) is 2.71. The van der Waals surface area contributed by atoms with Gasteiger partial charge in [-0.15, -0.1) is 0 Å². The fraction of sp³-hybridized carbons (Fsp3) is 0.452. The Morgan fingerprint density at radius 1 is 1.10 bits per heavy atom. The van der Waals surface area contributed by atoms with Crippen LogP contribution in [-0.4, -0.2) is 51.8 Å². The zero-order chi connectivity index (χ0) is 29.5. The standard InChI is InChI=1S/C20H18F2N2O3S.C11H16N2O/c21-20(22)27-17-3-1-2-15(12-17)19-23-18(13-26-19)14-4-6-16(7-5-14)24-8-10-28(25)11-9-24;12-8-11(6-7-11)13-10(14)9-4-2-1-3-5-9/h1-7,12-13,20H,8-11H2;9H,1-7H2,(H,13,14). The second-order valence-corrected chi connectivity index (χ2v) is 12.5. The first-order valence-corrected chi connectivity index (χ1v) is 15.8. The van der Waals surface area contributed by atoms with Gasteiger partial charge in [0.15, 0.2) is 0 Å². The van der Waals surface area contributed by atoms with Gasteiger partial charge in [-0.25, -0.2) is 4.98 Å². The summed E-state index contributed by atoms with van der Waals surface area (Å²) in [5.74, 6) is 2.07. The topological polar surface area (TPSA) is 108 Å². The van der Waals surface area contributed by atoms with Crippen molar-refractivity contribution < 1.29 is 26.9 Å². The highest BCUT2D eigenvalue weighted by molar-refractivity contribution is 7.85. The van der Waals surface area contributed by atoms with Crippen molar-refractivity contribution >= 4 is 22.4 Å². The van der Waals surface area contributed by atoms with Crippen LogP contribution in [0.1, 0.15) is 44.9 Å². The lowest BCUT2D eigenvalue weighted by Crippen LogP contribution is -2.40. The van der Waals surface area contributed by atoms with E-state index in [1.54, 1.807) is 12.1 Å². The third kappa shape index (κ3) is 7.73. The number of oxazole rings is 1. The Balaban J connectivity index is 0.000000211. The number of carbonyl (C=O) groups is 1. The van der Waals surface area contributed by atoms with Crippen molar-refractivity contribution in [3.63, 3.8) is 0 Å². The van der Waals surface area contributed by atoms with Crippen LogP contribution in [0.3, 0.4) is 0 Å². The minimum absolute atomic E-state index is 0.0547. The third-order valence-corrected chi connectivity index (χ3v) is 9.09. The Morgan fingerprint density at radius 2 is 1.81 bits per heavy atom. The van der Waals surface area contributed by atoms with Gasteiger partial charge in [-0.3, -0.25) is 9.00 Å². The SMILES string of the molecule is N#CC1(NC(=O)C2CCCCC2)CC1.O=S1CCN(c2ccc(-c3coc(-c4cccc(OC(F)F)c4)n3)cc2)CC1. The molecule has 222 valence electrons. The molecule has 3 aromatic rings. The molecule has 3 aliphatic rings. The van der Waals surface area contributed by atoms with Gasteiger partial charge in [0.25, 0.3) is 0 Å². The van der Waals surface area contributed by atoms with E-state index < -0.39 is 22.9 Å². The van der Waals surface area contributed by atoms with Crippen LogP contribution in [0, 0.1) is 17.2 Å². The van der Waals surface area contributed by atoms with Gasteiger partial charge < -0.3 is 19.4 Å². The monoisotopic (exact) mass is 596 g/mol. The molecule has 2 aromatic carbocycles. The minimum atomic E-state index is -2.88. The summed E-state index contributed by atoms with van der Waals surface area (Å²) in [7, 11) is -0.704. The molecule has 3 fully saturated rings. The van der Waals surface area contributed by atoms with E-state index in [1.807, 2.05) is 24.3 Å². The number of hydrogen-bond acceptors (Lipinski definition) is 7. The molecule has 8 nitrogen and oxygen atoms in total. The molecule has 2 heterocycles. The van der Waals surface area contributed by atoms with Gasteiger partial charge in [-0.05, 0) is 56.0 Å². The number of aromatic nitrogens is 1. The lowest BCUT2D eigenvalue weighted by molar-refractivity contribution is -0.126. The highest BCUT2D eigenvalue weighted by atomic mass is 32.2. The molecule has 42 heavy (non-hydrogen) atoms. The number of benzene rings is 2. The lowest BCUT2D eigenvalue weighted by atomic mass is 9.88. The molecule has 0 atom stereocenters. The van der Waals surface area contributed by atoms with Crippen LogP contribution in [-0.2, 0) is 15.6 Å². The first-order chi connectivity index (χ1) is 20.3. The fourth-order valence-corrected chi connectivity index (χ4v) is 6.23. The number of amides is 1. The van der Waals surface area contributed by atoms with Gasteiger partial charge >= 0.3 is 6.61 Å². The quantitative estimate of drug-likeness (QED) is 0.361. The molecule has 0 unspecified atom stereocenters. The zero-order valence-corrected chi connectivity index (χ0v) is 24.1. The Morgan fingerprint density at radius 3 is 2.45 bits per heavy atom. The van der Waals surface area contributed by atoms with E-state index in [4.69, 9.17) is 9.68 Å². The summed E-state index contributed by atoms with van der Waals surface area (Å²) in [5, 5.41) is 11.7. The number of rotatable bonds is 7. The predicted octanol–water partition coefficient (Wildman–Crippen LogP) is 5.92. The van der Waals surface area contributed by atoms with Crippen LogP contribution in [0.25, 0.3) is 22.7 Å². The molecule has 2 saturated carbocycles. The van der Waals surface area contributed by atoms with Crippen molar-refractivity contribution in [3.05, 3.63) is 54.8 Å². The van der Waals surface area contributed by atoms with Crippen molar-refractivity contribution in [2.24, 2.45) is 5.92 Å². The number of nitriles is 1. The van der Waals surface area contributed by atoms with E-state index in [1.165, 1.54) is 24.8 Å². The Kier molecular flexibility index (Phi) is 9.52. The number of nitrogens with one attached hydrogen (secondary N) is 1. The number of anilines is 1. The minimum Gasteiger partial charge on any atom is -0.444 e. The highest BCUT2D eigenvalue weighted by Gasteiger charge is 2.45. The Bertz CT molecular complexity index is 1420. The highest BCUT2D eigenvalue weighted by Crippen LogP contribution is 2.35. The summed E-state index contributed by atoms with van der Waals surface area (Å²) >= 11 is 0. The summed E-state index contributed by atoms with van der Waals surface area (Å²) in [4.78, 5) is 18.4. The first-order valence-electron chi connectivity index (χ1n) is 14.3. The van der Waals surface area contributed by atoms with E-state index in [-0.39, 0.29) is 17.6 Å². The van der Waals surface area contributed by atoms with Crippen LogP contribution in [0.2, 0.25) is 0 Å². The molecule has 1 N–H and O–H groups in total. The van der Waals surface area contributed by atoms with Crippen molar-refractivity contribution in [1.82, 2.24) is 10.3 Å². The van der Waals surface area contributed by atoms with Crippen LogP contribution < -0.4 is 15.0 Å². The number of ether oxygens (including phenoxy) is 1. The van der Waals surface area contributed by atoms with Crippen molar-refractivity contribution in [1.29, 1.82) is 5.26 Å². The molecular formula is C31H34F2N4O4S. The maximum absolute atomic E-state index is 12.4. The molecule has 1 aliphatic heterocycles. The molecule has 1 amide bonds. The molecule has 1 saturated heterocycles. The van der Waals surface area contributed by atoms with Crippen LogP contribution >= 0.6 is 0 Å². The zero-order valence-electron chi connectivity index (χ0n) is 23.3. The van der Waals surface area contributed by atoms with Gasteiger partial charge in [-0.2, -0.15) is 14.0 Å². The van der Waals surface area contributed by atoms with Gasteiger partial charge in [0.05, 0.1) is 6.07 Å². The smallest absolute Gasteiger partial charge is 0.387 e. The van der Waals surface area contributed by atoms with E-state index in [0.717, 1.165) is 62.9 Å². The van der Waals surface area contributed by atoms with Crippen LogP contribution in [0.4, 0.5) is 14.5 Å². The van der Waals surface area contributed by atoms with Crippen molar-refractivity contribution in [3.8, 4) is 34.5 Å². The number of hydrogen-bond donors (Lipinski definition) is 1. The summed E-state index contributed by atoms with van der Waals surface area (Å²) in [6, 6.07) is 16.4. The molecule has 6 rings (SSSR count). The average Bonchev–Trinajstić information content (AvgIpc) is 3.61. The average molecular weight is 597 g/mol. The van der Waals surface area contributed by atoms with E-state index in [9.17, 15) is 17.8 Å². The molecular weight excluding hydrogens is 562 g/mol. The molecule has 2 aliphatic carbocycles. The van der Waals surface area contributed by atoms with Crippen molar-refractivity contribution in [2.45, 2.75) is 57.1 Å². The first kappa shape index (κ1) is 29.7.